The molecule has 2 aliphatic carbocycles. The fourth-order valence-corrected chi connectivity index (χ4v) is 3.54. The van der Waals surface area contributed by atoms with Crippen molar-refractivity contribution in [3.05, 3.63) is 47.2 Å². The van der Waals surface area contributed by atoms with Crippen LogP contribution in [-0.4, -0.2) is 16.7 Å². The maximum atomic E-state index is 12.4. The van der Waals surface area contributed by atoms with Crippen molar-refractivity contribution >= 4 is 11.6 Å². The molecule has 3 nitrogen and oxygen atoms in total. The Hall–Kier alpha value is -1.90. The van der Waals surface area contributed by atoms with Gasteiger partial charge in [0.1, 0.15) is 0 Å². The van der Waals surface area contributed by atoms with E-state index in [1.807, 2.05) is 37.3 Å². The van der Waals surface area contributed by atoms with E-state index in [-0.39, 0.29) is 17.5 Å². The standard InChI is InChI=1S/C16H16O3/c1-9-11-8-16(2,10-6-4-3-5-7-10)12(14(11)18)15(19)13(9)17/h3-7,11-12,17H,8H2,1-2H3/t11-,12-,16+/m1/s1. The number of benzene rings is 1. The molecule has 3 rings (SSSR count). The van der Waals surface area contributed by atoms with Gasteiger partial charge < -0.3 is 5.11 Å². The first-order valence-corrected chi connectivity index (χ1v) is 6.50. The van der Waals surface area contributed by atoms with Gasteiger partial charge in [-0.3, -0.25) is 9.59 Å². The Kier molecular flexibility index (Phi) is 2.43. The fourth-order valence-electron chi connectivity index (χ4n) is 3.54. The minimum absolute atomic E-state index is 0.0355. The van der Waals surface area contributed by atoms with E-state index < -0.39 is 17.1 Å². The fraction of sp³-hybridized carbons (Fsp3) is 0.375. The van der Waals surface area contributed by atoms with Crippen LogP contribution in [0.2, 0.25) is 0 Å². The van der Waals surface area contributed by atoms with Gasteiger partial charge in [0.15, 0.2) is 11.5 Å². The molecule has 2 bridgehead atoms. The minimum atomic E-state index is -0.733. The molecule has 0 heterocycles. The molecule has 1 saturated carbocycles. The molecular formula is C16H16O3. The van der Waals surface area contributed by atoms with E-state index >= 15 is 0 Å². The maximum absolute atomic E-state index is 12.4. The van der Waals surface area contributed by atoms with Gasteiger partial charge in [-0.1, -0.05) is 37.3 Å². The summed E-state index contributed by atoms with van der Waals surface area (Å²) >= 11 is 0. The topological polar surface area (TPSA) is 54.4 Å². The summed E-state index contributed by atoms with van der Waals surface area (Å²) in [6.45, 7) is 3.64. The van der Waals surface area contributed by atoms with E-state index in [2.05, 4.69) is 0 Å². The van der Waals surface area contributed by atoms with E-state index in [1.54, 1.807) is 6.92 Å². The number of allylic oxidation sites excluding steroid dienone is 2. The molecule has 19 heavy (non-hydrogen) atoms. The lowest BCUT2D eigenvalue weighted by Crippen LogP contribution is -2.39. The summed E-state index contributed by atoms with van der Waals surface area (Å²) in [4.78, 5) is 24.6. The SMILES string of the molecule is CC1=C(O)C(=O)[C@H]2C(=O)[C@@H]1C[C@@]2(C)c1ccccc1. The van der Waals surface area contributed by atoms with Gasteiger partial charge in [-0.15, -0.1) is 0 Å². The van der Waals surface area contributed by atoms with Crippen LogP contribution in [0.4, 0.5) is 0 Å². The molecule has 98 valence electrons. The number of aliphatic hydroxyl groups excluding tert-OH is 1. The lowest BCUT2D eigenvalue weighted by atomic mass is 9.72. The zero-order valence-corrected chi connectivity index (χ0v) is 11.0. The number of rotatable bonds is 1. The molecule has 0 unspecified atom stereocenters. The van der Waals surface area contributed by atoms with E-state index in [0.717, 1.165) is 5.56 Å². The van der Waals surface area contributed by atoms with Crippen LogP contribution in [-0.2, 0) is 15.0 Å². The summed E-state index contributed by atoms with van der Waals surface area (Å²) in [5.41, 5.74) is 1.02. The third kappa shape index (κ3) is 1.44. The van der Waals surface area contributed by atoms with Gasteiger partial charge >= 0.3 is 0 Å². The number of fused-ring (bicyclic) bond motifs is 2. The highest BCUT2D eigenvalue weighted by atomic mass is 16.3. The maximum Gasteiger partial charge on any atom is 0.208 e. The molecule has 3 heteroatoms. The van der Waals surface area contributed by atoms with Gasteiger partial charge in [0.05, 0.1) is 5.92 Å². The summed E-state index contributed by atoms with van der Waals surface area (Å²) in [7, 11) is 0. The molecule has 1 N–H and O–H groups in total. The molecule has 1 fully saturated rings. The predicted octanol–water partition coefficient (Wildman–Crippen LogP) is 2.56. The highest BCUT2D eigenvalue weighted by Crippen LogP contribution is 2.52. The number of aliphatic hydroxyl groups is 1. The molecule has 0 radical (unpaired) electrons. The monoisotopic (exact) mass is 256 g/mol. The number of hydrogen-bond acceptors (Lipinski definition) is 3. The molecule has 0 saturated heterocycles. The second-order valence-electron chi connectivity index (χ2n) is 5.77. The van der Waals surface area contributed by atoms with Crippen LogP contribution in [0.25, 0.3) is 0 Å². The van der Waals surface area contributed by atoms with Crippen LogP contribution in [0.3, 0.4) is 0 Å². The Morgan fingerprint density at radius 3 is 2.47 bits per heavy atom. The van der Waals surface area contributed by atoms with Crippen molar-refractivity contribution in [1.29, 1.82) is 0 Å². The number of carbonyl (C=O) groups is 2. The van der Waals surface area contributed by atoms with Gasteiger partial charge in [0, 0.05) is 11.3 Å². The summed E-state index contributed by atoms with van der Waals surface area (Å²) in [6, 6.07) is 9.65. The Bertz CT molecular complexity index is 600. The van der Waals surface area contributed by atoms with Gasteiger partial charge in [-0.05, 0) is 24.5 Å². The van der Waals surface area contributed by atoms with Crippen molar-refractivity contribution in [3.8, 4) is 0 Å². The first-order chi connectivity index (χ1) is 8.97. The Morgan fingerprint density at radius 2 is 1.84 bits per heavy atom. The second kappa shape index (κ2) is 3.80. The third-order valence-electron chi connectivity index (χ3n) is 4.72. The van der Waals surface area contributed by atoms with Crippen LogP contribution in [0.15, 0.2) is 41.7 Å². The molecule has 0 aromatic heterocycles. The van der Waals surface area contributed by atoms with Crippen LogP contribution in [0.1, 0.15) is 25.8 Å². The van der Waals surface area contributed by atoms with Crippen LogP contribution < -0.4 is 0 Å². The van der Waals surface area contributed by atoms with Crippen molar-refractivity contribution in [3.63, 3.8) is 0 Å². The van der Waals surface area contributed by atoms with Crippen molar-refractivity contribution in [1.82, 2.24) is 0 Å². The van der Waals surface area contributed by atoms with Crippen molar-refractivity contribution in [2.24, 2.45) is 11.8 Å². The summed E-state index contributed by atoms with van der Waals surface area (Å²) in [5, 5.41) is 9.90. The number of Topliss-reactive ketones (excluding diaryl/α,β-unsaturated/α-hetero) is 2. The summed E-state index contributed by atoms with van der Waals surface area (Å²) < 4.78 is 0. The molecule has 0 spiro atoms. The summed E-state index contributed by atoms with van der Waals surface area (Å²) in [6.07, 6.45) is 0.599. The van der Waals surface area contributed by atoms with Gasteiger partial charge in [-0.2, -0.15) is 0 Å². The average molecular weight is 256 g/mol. The van der Waals surface area contributed by atoms with E-state index in [9.17, 15) is 14.7 Å². The smallest absolute Gasteiger partial charge is 0.208 e. The Balaban J connectivity index is 2.15. The average Bonchev–Trinajstić information content (AvgIpc) is 2.66. The lowest BCUT2D eigenvalue weighted by Gasteiger charge is -2.29. The van der Waals surface area contributed by atoms with Crippen LogP contribution in [0.5, 0.6) is 0 Å². The van der Waals surface area contributed by atoms with Crippen molar-refractivity contribution < 1.29 is 14.7 Å². The van der Waals surface area contributed by atoms with Crippen LogP contribution >= 0.6 is 0 Å². The molecule has 0 amide bonds. The number of carbonyl (C=O) groups excluding carboxylic acids is 2. The second-order valence-corrected chi connectivity index (χ2v) is 5.77. The first kappa shape index (κ1) is 12.2. The molecule has 2 aliphatic rings. The van der Waals surface area contributed by atoms with E-state index in [0.29, 0.717) is 12.0 Å². The zero-order valence-electron chi connectivity index (χ0n) is 11.0. The molecule has 0 aliphatic heterocycles. The minimum Gasteiger partial charge on any atom is -0.504 e. The van der Waals surface area contributed by atoms with E-state index in [4.69, 9.17) is 0 Å². The predicted molar refractivity (Wildman–Crippen MR) is 70.7 cm³/mol. The highest BCUT2D eigenvalue weighted by Gasteiger charge is 2.58. The number of ketones is 2. The first-order valence-electron chi connectivity index (χ1n) is 6.50. The third-order valence-corrected chi connectivity index (χ3v) is 4.72. The quantitative estimate of drug-likeness (QED) is 0.786. The van der Waals surface area contributed by atoms with Gasteiger partial charge in [0.25, 0.3) is 0 Å². The van der Waals surface area contributed by atoms with E-state index in [1.165, 1.54) is 0 Å². The van der Waals surface area contributed by atoms with Crippen molar-refractivity contribution in [2.45, 2.75) is 25.7 Å². The van der Waals surface area contributed by atoms with Gasteiger partial charge in [-0.25, -0.2) is 0 Å². The lowest BCUT2D eigenvalue weighted by molar-refractivity contribution is -0.134. The molecule has 3 atom stereocenters. The number of hydrogen-bond donors (Lipinski definition) is 1. The molecule has 1 aromatic rings. The largest absolute Gasteiger partial charge is 0.504 e. The van der Waals surface area contributed by atoms with Crippen molar-refractivity contribution in [2.75, 3.05) is 0 Å². The Labute approximate surface area is 111 Å². The normalized spacial score (nSPS) is 34.0. The Morgan fingerprint density at radius 1 is 1.21 bits per heavy atom. The highest BCUT2D eigenvalue weighted by molar-refractivity contribution is 6.16. The zero-order chi connectivity index (χ0) is 13.8. The molecular weight excluding hydrogens is 240 g/mol. The van der Waals surface area contributed by atoms with Gasteiger partial charge in [0.2, 0.25) is 5.78 Å². The van der Waals surface area contributed by atoms with Crippen LogP contribution in [0, 0.1) is 11.8 Å². The molecule has 1 aromatic carbocycles. The summed E-state index contributed by atoms with van der Waals surface area (Å²) in [5.74, 6) is -1.69.